The van der Waals surface area contributed by atoms with Crippen LogP contribution < -0.4 is 4.74 Å². The Kier molecular flexibility index (Phi) is 6.14. The number of aromatic amines is 1. The number of nitro benzene ring substituents is 2. The number of H-pyrrole nitrogens is 1. The van der Waals surface area contributed by atoms with Crippen molar-refractivity contribution in [1.29, 1.82) is 5.26 Å². The van der Waals surface area contributed by atoms with E-state index in [1.54, 1.807) is 12.1 Å². The normalized spacial score (nSPS) is 11.3. The van der Waals surface area contributed by atoms with Crippen molar-refractivity contribution in [3.8, 4) is 17.6 Å². The summed E-state index contributed by atoms with van der Waals surface area (Å²) >= 11 is 12.5. The van der Waals surface area contributed by atoms with E-state index in [2.05, 4.69) is 9.97 Å². The van der Waals surface area contributed by atoms with Gasteiger partial charge in [0.25, 0.3) is 5.69 Å². The summed E-state index contributed by atoms with van der Waals surface area (Å²) in [6.07, 6.45) is 1.42. The topological polar surface area (TPSA) is 148 Å². The molecule has 0 bridgehead atoms. The molecule has 0 amide bonds. The van der Waals surface area contributed by atoms with Crippen LogP contribution in [-0.4, -0.2) is 19.8 Å². The average Bonchev–Trinajstić information content (AvgIpc) is 3.23. The second-order valence-electron chi connectivity index (χ2n) is 6.85. The Morgan fingerprint density at radius 2 is 1.85 bits per heavy atom. The Balaban J connectivity index is 1.83. The first kappa shape index (κ1) is 22.7. The number of non-ortho nitro benzene ring substituents is 1. The van der Waals surface area contributed by atoms with Crippen molar-refractivity contribution in [2.75, 3.05) is 0 Å². The highest BCUT2D eigenvalue weighted by Crippen LogP contribution is 2.41. The number of benzene rings is 3. The van der Waals surface area contributed by atoms with Gasteiger partial charge in [-0.05, 0) is 36.4 Å². The summed E-state index contributed by atoms with van der Waals surface area (Å²) in [5.41, 5.74) is 0.632. The summed E-state index contributed by atoms with van der Waals surface area (Å²) in [5.74, 6) is -0.0318. The zero-order valence-corrected chi connectivity index (χ0v) is 18.4. The molecule has 4 aromatic rings. The first-order valence-electron chi connectivity index (χ1n) is 9.43. The third-order valence-corrected chi connectivity index (χ3v) is 5.16. The van der Waals surface area contributed by atoms with E-state index in [4.69, 9.17) is 27.9 Å². The number of ether oxygens (including phenoxy) is 1. The maximum Gasteiger partial charge on any atom is 0.318 e. The summed E-state index contributed by atoms with van der Waals surface area (Å²) < 4.78 is 5.72. The van der Waals surface area contributed by atoms with Crippen LogP contribution in [0.3, 0.4) is 0 Å². The summed E-state index contributed by atoms with van der Waals surface area (Å²) in [7, 11) is 0. The molecule has 0 saturated heterocycles. The lowest BCUT2D eigenvalue weighted by Crippen LogP contribution is -1.97. The predicted octanol–water partition coefficient (Wildman–Crippen LogP) is 6.54. The number of halogens is 2. The molecule has 10 nitrogen and oxygen atoms in total. The summed E-state index contributed by atoms with van der Waals surface area (Å²) in [6.45, 7) is 0. The number of allylic oxidation sites excluding steroid dienone is 1. The van der Waals surface area contributed by atoms with Crippen LogP contribution in [0.5, 0.6) is 11.5 Å². The second-order valence-corrected chi connectivity index (χ2v) is 7.69. The minimum absolute atomic E-state index is 0.00768. The maximum atomic E-state index is 11.5. The smallest absolute Gasteiger partial charge is 0.318 e. The Hall–Kier alpha value is -4.46. The molecule has 4 rings (SSSR count). The molecule has 0 aliphatic carbocycles. The number of rotatable bonds is 6. The van der Waals surface area contributed by atoms with Crippen molar-refractivity contribution in [2.45, 2.75) is 0 Å². The molecule has 0 spiro atoms. The van der Waals surface area contributed by atoms with Gasteiger partial charge in [0.2, 0.25) is 5.75 Å². The lowest BCUT2D eigenvalue weighted by molar-refractivity contribution is -0.394. The van der Waals surface area contributed by atoms with Gasteiger partial charge < -0.3 is 9.72 Å². The van der Waals surface area contributed by atoms with Crippen LogP contribution in [-0.2, 0) is 0 Å². The van der Waals surface area contributed by atoms with Crippen molar-refractivity contribution < 1.29 is 14.6 Å². The monoisotopic (exact) mass is 495 g/mol. The Bertz CT molecular complexity index is 1510. The van der Waals surface area contributed by atoms with Gasteiger partial charge in [0.15, 0.2) is 5.75 Å². The molecule has 168 valence electrons. The Morgan fingerprint density at radius 1 is 1.09 bits per heavy atom. The highest BCUT2D eigenvalue weighted by atomic mass is 35.5. The molecule has 1 N–H and O–H groups in total. The number of fused-ring (bicyclic) bond motifs is 1. The van der Waals surface area contributed by atoms with Gasteiger partial charge in [-0.25, -0.2) is 4.98 Å². The van der Waals surface area contributed by atoms with Crippen molar-refractivity contribution in [1.82, 2.24) is 9.97 Å². The molecule has 3 aromatic carbocycles. The van der Waals surface area contributed by atoms with E-state index in [1.165, 1.54) is 18.2 Å². The van der Waals surface area contributed by atoms with E-state index in [9.17, 15) is 25.5 Å². The Labute approximate surface area is 200 Å². The number of nitriles is 1. The van der Waals surface area contributed by atoms with Crippen LogP contribution in [0.4, 0.5) is 11.4 Å². The van der Waals surface area contributed by atoms with Crippen LogP contribution in [0.2, 0.25) is 10.0 Å². The van der Waals surface area contributed by atoms with Crippen molar-refractivity contribution in [3.05, 3.63) is 96.3 Å². The van der Waals surface area contributed by atoms with Crippen LogP contribution in [0.15, 0.2) is 54.6 Å². The minimum atomic E-state index is -0.809. The molecular weight excluding hydrogens is 485 g/mol. The number of para-hydroxylation sites is 2. The lowest BCUT2D eigenvalue weighted by atomic mass is 10.1. The number of nitro groups is 2. The number of nitrogens with one attached hydrogen (secondary N) is 1. The number of hydrogen-bond donors (Lipinski definition) is 1. The number of aromatic nitrogens is 2. The van der Waals surface area contributed by atoms with Crippen LogP contribution >= 0.6 is 23.2 Å². The van der Waals surface area contributed by atoms with Gasteiger partial charge in [-0.1, -0.05) is 35.3 Å². The molecule has 0 unspecified atom stereocenters. The van der Waals surface area contributed by atoms with E-state index < -0.39 is 21.2 Å². The SMILES string of the molecule is N#C/C(=C\c1cc(Cl)cc(Cl)c1Oc1ccc([N+](=O)[O-])cc1[N+](=O)[O-])c1nc2ccccc2[nH]1. The summed E-state index contributed by atoms with van der Waals surface area (Å²) in [5, 5.41) is 32.5. The fourth-order valence-corrected chi connectivity index (χ4v) is 3.69. The molecule has 0 aliphatic heterocycles. The molecular formula is C22H11Cl2N5O5. The maximum absolute atomic E-state index is 11.5. The van der Waals surface area contributed by atoms with Crippen LogP contribution in [0.25, 0.3) is 22.7 Å². The van der Waals surface area contributed by atoms with E-state index in [-0.39, 0.29) is 38.5 Å². The van der Waals surface area contributed by atoms with Gasteiger partial charge in [0.05, 0.1) is 37.5 Å². The average molecular weight is 496 g/mol. The zero-order valence-electron chi connectivity index (χ0n) is 16.9. The van der Waals surface area contributed by atoms with E-state index in [1.807, 2.05) is 18.2 Å². The first-order valence-corrected chi connectivity index (χ1v) is 10.2. The summed E-state index contributed by atoms with van der Waals surface area (Å²) in [4.78, 5) is 28.4. The number of nitrogens with zero attached hydrogens (tertiary/aromatic N) is 4. The highest BCUT2D eigenvalue weighted by Gasteiger charge is 2.23. The molecule has 0 radical (unpaired) electrons. The number of imidazole rings is 1. The molecule has 12 heteroatoms. The van der Waals surface area contributed by atoms with E-state index in [0.717, 1.165) is 23.7 Å². The second kappa shape index (κ2) is 9.19. The molecule has 0 aliphatic rings. The van der Waals surface area contributed by atoms with Crippen molar-refractivity contribution in [2.24, 2.45) is 0 Å². The van der Waals surface area contributed by atoms with Crippen LogP contribution in [0.1, 0.15) is 11.4 Å². The van der Waals surface area contributed by atoms with Crippen molar-refractivity contribution in [3.63, 3.8) is 0 Å². The minimum Gasteiger partial charge on any atom is -0.448 e. The van der Waals surface area contributed by atoms with Gasteiger partial charge in [-0.3, -0.25) is 20.2 Å². The predicted molar refractivity (Wildman–Crippen MR) is 126 cm³/mol. The van der Waals surface area contributed by atoms with Gasteiger partial charge in [-0.15, -0.1) is 0 Å². The molecule has 1 aromatic heterocycles. The zero-order chi connectivity index (χ0) is 24.4. The lowest BCUT2D eigenvalue weighted by Gasteiger charge is -2.12. The molecule has 0 fully saturated rings. The summed E-state index contributed by atoms with van der Waals surface area (Å²) in [6, 6.07) is 15.0. The van der Waals surface area contributed by atoms with Crippen LogP contribution in [0, 0.1) is 31.6 Å². The molecule has 34 heavy (non-hydrogen) atoms. The fourth-order valence-electron chi connectivity index (χ4n) is 3.14. The molecule has 1 heterocycles. The van der Waals surface area contributed by atoms with E-state index in [0.29, 0.717) is 5.52 Å². The van der Waals surface area contributed by atoms with Gasteiger partial charge >= 0.3 is 5.69 Å². The van der Waals surface area contributed by atoms with E-state index >= 15 is 0 Å². The molecule has 0 atom stereocenters. The van der Waals surface area contributed by atoms with Gasteiger partial charge in [0, 0.05) is 16.7 Å². The van der Waals surface area contributed by atoms with Crippen molar-refractivity contribution >= 4 is 57.3 Å². The Morgan fingerprint density at radius 3 is 2.53 bits per heavy atom. The highest BCUT2D eigenvalue weighted by molar-refractivity contribution is 6.36. The first-order chi connectivity index (χ1) is 16.3. The molecule has 0 saturated carbocycles. The largest absolute Gasteiger partial charge is 0.448 e. The third kappa shape index (κ3) is 4.52. The third-order valence-electron chi connectivity index (χ3n) is 4.66. The fraction of sp³-hybridized carbons (Fsp3) is 0. The number of hydrogen-bond acceptors (Lipinski definition) is 7. The van der Waals surface area contributed by atoms with Gasteiger partial charge in [-0.2, -0.15) is 5.26 Å². The standard InChI is InChI=1S/C22H11Cl2N5O5/c23-14-8-12(7-13(11-25)22-26-17-3-1-2-4-18(17)27-22)21(16(24)9-14)34-20-6-5-15(28(30)31)10-19(20)29(32)33/h1-10H,(H,26,27)/b13-7+. The quantitative estimate of drug-likeness (QED) is 0.181. The van der Waals surface area contributed by atoms with Gasteiger partial charge in [0.1, 0.15) is 11.9 Å².